The second kappa shape index (κ2) is 9.24. The van der Waals surface area contributed by atoms with E-state index in [1.807, 2.05) is 0 Å². The van der Waals surface area contributed by atoms with Crippen LogP contribution in [0.2, 0.25) is 0 Å². The molecule has 32 heavy (non-hydrogen) atoms. The molecule has 14 heteroatoms. The predicted octanol–water partition coefficient (Wildman–Crippen LogP) is -0.539. The van der Waals surface area contributed by atoms with Gasteiger partial charge >= 0.3 is 13.8 Å². The molecule has 13 nitrogen and oxygen atoms in total. The zero-order chi connectivity index (χ0) is 23.8. The van der Waals surface area contributed by atoms with Crippen LogP contribution in [-0.4, -0.2) is 71.1 Å². The summed E-state index contributed by atoms with van der Waals surface area (Å²) < 4.78 is 29.8. The number of phosphoric acid groups is 1. The molecule has 0 bridgehead atoms. The summed E-state index contributed by atoms with van der Waals surface area (Å²) in [5.41, 5.74) is 1.45. The molecule has 2 aromatic heterocycles. The number of hydrogen-bond acceptors (Lipinski definition) is 9. The molecule has 176 valence electrons. The summed E-state index contributed by atoms with van der Waals surface area (Å²) in [6.07, 6.45) is -3.74. The van der Waals surface area contributed by atoms with Gasteiger partial charge in [-0.2, -0.15) is 0 Å². The number of nitrogens with zero attached hydrogens (tertiary/aromatic N) is 3. The van der Waals surface area contributed by atoms with Gasteiger partial charge in [0.1, 0.15) is 36.5 Å². The SMILES string of the molecule is CC(C)=CC(=O)OC[C@H]1O[C@@H](n2cnc3c(=N)n(C)ccc32)[C@H](O)[C@@H](OP(=O)(O)O)[C@@H]1O. The molecule has 1 aliphatic heterocycles. The molecule has 0 radical (unpaired) electrons. The van der Waals surface area contributed by atoms with Crippen LogP contribution in [0.1, 0.15) is 20.1 Å². The molecule has 5 N–H and O–H groups in total. The number of esters is 1. The van der Waals surface area contributed by atoms with E-state index < -0.39 is 51.0 Å². The van der Waals surface area contributed by atoms with Crippen molar-refractivity contribution in [2.24, 2.45) is 7.05 Å². The fourth-order valence-electron chi connectivity index (χ4n) is 3.35. The second-order valence-corrected chi connectivity index (χ2v) is 8.81. The molecule has 1 aliphatic rings. The maximum Gasteiger partial charge on any atom is 0.470 e. The van der Waals surface area contributed by atoms with Crippen LogP contribution < -0.4 is 5.49 Å². The number of hydrogen-bond donors (Lipinski definition) is 5. The number of aryl methyl sites for hydroxylation is 1. The molecule has 1 saturated heterocycles. The van der Waals surface area contributed by atoms with E-state index in [-0.39, 0.29) is 11.0 Å². The van der Waals surface area contributed by atoms with Gasteiger partial charge < -0.3 is 38.6 Å². The summed E-state index contributed by atoms with van der Waals surface area (Å²) in [6, 6.07) is 1.62. The van der Waals surface area contributed by atoms with Crippen LogP contribution in [0.5, 0.6) is 0 Å². The summed E-state index contributed by atoms with van der Waals surface area (Å²) in [5.74, 6) is -0.699. The van der Waals surface area contributed by atoms with E-state index in [1.54, 1.807) is 33.2 Å². The Morgan fingerprint density at radius 3 is 2.66 bits per heavy atom. The lowest BCUT2D eigenvalue weighted by atomic mass is 9.98. The van der Waals surface area contributed by atoms with Crippen molar-refractivity contribution in [1.29, 1.82) is 5.41 Å². The van der Waals surface area contributed by atoms with E-state index >= 15 is 0 Å². The third-order valence-corrected chi connectivity index (χ3v) is 5.37. The van der Waals surface area contributed by atoms with Gasteiger partial charge in [0.05, 0.1) is 11.8 Å². The normalized spacial score (nSPS) is 26.2. The summed E-state index contributed by atoms with van der Waals surface area (Å²) in [7, 11) is -3.45. The molecular formula is C18H25N4O9P. The molecule has 2 aromatic rings. The first-order valence-electron chi connectivity index (χ1n) is 9.53. The fourth-order valence-corrected chi connectivity index (χ4v) is 3.92. The number of pyridine rings is 1. The van der Waals surface area contributed by atoms with Gasteiger partial charge in [-0.15, -0.1) is 0 Å². The number of imidazole rings is 1. The average molecular weight is 472 g/mol. The van der Waals surface area contributed by atoms with E-state index in [1.165, 1.54) is 21.5 Å². The number of carbonyl (C=O) groups is 1. The van der Waals surface area contributed by atoms with Crippen molar-refractivity contribution in [3.63, 3.8) is 0 Å². The third kappa shape index (κ3) is 5.15. The topological polar surface area (TPSA) is 189 Å². The molecule has 0 unspecified atom stereocenters. The summed E-state index contributed by atoms with van der Waals surface area (Å²) in [5, 5.41) is 29.4. The highest BCUT2D eigenvalue weighted by Gasteiger charge is 2.49. The second-order valence-electron chi connectivity index (χ2n) is 7.62. The number of nitrogens with one attached hydrogen (secondary N) is 1. The Kier molecular flexibility index (Phi) is 7.00. The average Bonchev–Trinajstić information content (AvgIpc) is 3.10. The van der Waals surface area contributed by atoms with Crippen molar-refractivity contribution < 1.29 is 43.4 Å². The summed E-state index contributed by atoms with van der Waals surface area (Å²) in [4.78, 5) is 34.5. The van der Waals surface area contributed by atoms with E-state index in [2.05, 4.69) is 9.51 Å². The minimum Gasteiger partial charge on any atom is -0.460 e. The molecule has 0 saturated carbocycles. The smallest absolute Gasteiger partial charge is 0.460 e. The van der Waals surface area contributed by atoms with Gasteiger partial charge in [-0.3, -0.25) is 9.93 Å². The molecule has 5 atom stereocenters. The minimum absolute atomic E-state index is 0.0850. The van der Waals surface area contributed by atoms with Gasteiger partial charge in [-0.1, -0.05) is 5.57 Å². The van der Waals surface area contributed by atoms with Crippen molar-refractivity contribution in [2.75, 3.05) is 6.61 Å². The van der Waals surface area contributed by atoms with Gasteiger partial charge in [-0.25, -0.2) is 14.3 Å². The van der Waals surface area contributed by atoms with E-state index in [9.17, 15) is 29.4 Å². The Bertz CT molecular complexity index is 1130. The molecule has 1 fully saturated rings. The third-order valence-electron chi connectivity index (χ3n) is 4.86. The van der Waals surface area contributed by atoms with Crippen molar-refractivity contribution in [3.8, 4) is 0 Å². The standard InChI is InChI=1S/C18H25N4O9P/c1-9(2)6-12(23)29-7-11-14(24)16(31-32(26,27)28)15(25)18(30-11)22-8-20-13-10(22)4-5-21(3)17(13)19/h4-6,8,11,14-16,18-19,24-25H,7H2,1-3H3,(H2,26,27,28)/t11-,14-,15-,16+,18-/m1/s1. The van der Waals surface area contributed by atoms with Gasteiger partial charge in [0, 0.05) is 19.3 Å². The van der Waals surface area contributed by atoms with Crippen LogP contribution in [0.15, 0.2) is 30.2 Å². The number of allylic oxidation sites excluding steroid dienone is 1. The number of ether oxygens (including phenoxy) is 2. The Morgan fingerprint density at radius 2 is 2.03 bits per heavy atom. The molecular weight excluding hydrogens is 447 g/mol. The summed E-state index contributed by atoms with van der Waals surface area (Å²) in [6.45, 7) is 2.90. The van der Waals surface area contributed by atoms with Crippen LogP contribution >= 0.6 is 7.82 Å². The first-order valence-corrected chi connectivity index (χ1v) is 11.1. The highest BCUT2D eigenvalue weighted by atomic mass is 31.2. The van der Waals surface area contributed by atoms with Gasteiger partial charge in [-0.05, 0) is 19.9 Å². The number of phosphoric ester groups is 1. The lowest BCUT2D eigenvalue weighted by Gasteiger charge is -2.42. The van der Waals surface area contributed by atoms with Gasteiger partial charge in [0.2, 0.25) is 0 Å². The van der Waals surface area contributed by atoms with Crippen molar-refractivity contribution in [2.45, 2.75) is 44.5 Å². The Hall–Kier alpha value is -2.38. The van der Waals surface area contributed by atoms with Gasteiger partial charge in [0.25, 0.3) is 0 Å². The van der Waals surface area contributed by atoms with E-state index in [0.717, 1.165) is 0 Å². The lowest BCUT2D eigenvalue weighted by molar-refractivity contribution is -0.248. The largest absolute Gasteiger partial charge is 0.470 e. The lowest BCUT2D eigenvalue weighted by Crippen LogP contribution is -2.57. The Labute approximate surface area is 182 Å². The fraction of sp³-hybridized carbons (Fsp3) is 0.500. The van der Waals surface area contributed by atoms with E-state index in [0.29, 0.717) is 11.1 Å². The Balaban J connectivity index is 1.97. The summed E-state index contributed by atoms with van der Waals surface area (Å²) >= 11 is 0. The van der Waals surface area contributed by atoms with Crippen molar-refractivity contribution in [1.82, 2.24) is 14.1 Å². The maximum atomic E-state index is 11.9. The number of fused-ring (bicyclic) bond motifs is 1. The molecule has 0 aliphatic carbocycles. The maximum absolute atomic E-state index is 11.9. The first-order chi connectivity index (χ1) is 14.9. The van der Waals surface area contributed by atoms with Crippen LogP contribution in [0.3, 0.4) is 0 Å². The number of aliphatic hydroxyl groups is 2. The van der Waals surface area contributed by atoms with Crippen molar-refractivity contribution in [3.05, 3.63) is 35.7 Å². The highest BCUT2D eigenvalue weighted by molar-refractivity contribution is 7.46. The van der Waals surface area contributed by atoms with Crippen LogP contribution in [-0.2, 0) is 30.4 Å². The van der Waals surface area contributed by atoms with E-state index in [4.69, 9.17) is 14.9 Å². The van der Waals surface area contributed by atoms with Crippen molar-refractivity contribution >= 4 is 24.8 Å². The monoisotopic (exact) mass is 472 g/mol. The predicted molar refractivity (Wildman–Crippen MR) is 108 cm³/mol. The first kappa shape index (κ1) is 24.3. The highest BCUT2D eigenvalue weighted by Crippen LogP contribution is 2.43. The molecule has 0 amide bonds. The number of aliphatic hydroxyl groups excluding tert-OH is 2. The molecule has 3 rings (SSSR count). The van der Waals surface area contributed by atoms with Crippen LogP contribution in [0, 0.1) is 5.41 Å². The molecule has 0 spiro atoms. The van der Waals surface area contributed by atoms with Crippen LogP contribution in [0.25, 0.3) is 11.0 Å². The number of aromatic nitrogens is 3. The minimum atomic E-state index is -5.11. The number of carbonyl (C=O) groups excluding carboxylic acids is 1. The zero-order valence-corrected chi connectivity index (χ0v) is 18.4. The Morgan fingerprint density at radius 1 is 1.34 bits per heavy atom. The zero-order valence-electron chi connectivity index (χ0n) is 17.5. The van der Waals surface area contributed by atoms with Gasteiger partial charge in [0.15, 0.2) is 11.7 Å². The van der Waals surface area contributed by atoms with Crippen LogP contribution in [0.4, 0.5) is 0 Å². The number of rotatable bonds is 6. The molecule has 0 aromatic carbocycles. The molecule has 3 heterocycles. The quantitative estimate of drug-likeness (QED) is 0.207.